The Labute approximate surface area is 201 Å². The zero-order valence-electron chi connectivity index (χ0n) is 18.3. The molecule has 170 valence electrons. The average molecular weight is 500 g/mol. The van der Waals surface area contributed by atoms with Crippen LogP contribution in [0.1, 0.15) is 22.8 Å². The van der Waals surface area contributed by atoms with Crippen LogP contribution in [-0.2, 0) is 17.1 Å². The van der Waals surface area contributed by atoms with E-state index in [1.165, 1.54) is 39.9 Å². The third-order valence-corrected chi connectivity index (χ3v) is 8.49. The van der Waals surface area contributed by atoms with Gasteiger partial charge in [0.05, 0.1) is 20.8 Å². The first-order chi connectivity index (χ1) is 15.7. The minimum Gasteiger partial charge on any atom is -0.319 e. The van der Waals surface area contributed by atoms with E-state index in [1.54, 1.807) is 31.2 Å². The van der Waals surface area contributed by atoms with E-state index in [9.17, 15) is 13.2 Å². The van der Waals surface area contributed by atoms with E-state index in [2.05, 4.69) is 4.99 Å². The molecule has 0 bridgehead atoms. The lowest BCUT2D eigenvalue weighted by molar-refractivity contribution is 0.0998. The number of hydrogen-bond acceptors (Lipinski definition) is 4. The van der Waals surface area contributed by atoms with Gasteiger partial charge in [0, 0.05) is 24.2 Å². The van der Waals surface area contributed by atoms with Crippen molar-refractivity contribution in [2.24, 2.45) is 12.0 Å². The van der Waals surface area contributed by atoms with E-state index in [1.807, 2.05) is 36.7 Å². The summed E-state index contributed by atoms with van der Waals surface area (Å²) in [6.07, 6.45) is 0. The standard InChI is InChI=1S/C24H22ClN3O3S2/c1-4-28(19-8-6-5-7-9-19)33(30,31)20-12-10-17(11-13-20)23(29)26-24-27(3)22-16(2)14-18(25)15-21(22)32-24/h5-15H,4H2,1-3H3. The fraction of sp³-hybridized carbons (Fsp3) is 0.167. The molecule has 0 saturated heterocycles. The Bertz CT molecular complexity index is 1510. The first kappa shape index (κ1) is 23.2. The number of carbonyl (C=O) groups excluding carboxylic acids is 1. The number of amides is 1. The molecule has 0 aliphatic carbocycles. The molecule has 33 heavy (non-hydrogen) atoms. The number of fused-ring (bicyclic) bond motifs is 1. The van der Waals surface area contributed by atoms with Gasteiger partial charge in [-0.2, -0.15) is 4.99 Å². The van der Waals surface area contributed by atoms with Gasteiger partial charge in [-0.1, -0.05) is 41.1 Å². The molecule has 9 heteroatoms. The number of carbonyl (C=O) groups is 1. The fourth-order valence-electron chi connectivity index (χ4n) is 3.71. The van der Waals surface area contributed by atoms with Crippen molar-refractivity contribution in [1.82, 2.24) is 4.57 Å². The van der Waals surface area contributed by atoms with Crippen molar-refractivity contribution < 1.29 is 13.2 Å². The maximum Gasteiger partial charge on any atom is 0.279 e. The third kappa shape index (κ3) is 4.46. The average Bonchev–Trinajstić information content (AvgIpc) is 3.09. The summed E-state index contributed by atoms with van der Waals surface area (Å²) in [5, 5.41) is 0.633. The van der Waals surface area contributed by atoms with Crippen molar-refractivity contribution in [2.45, 2.75) is 18.7 Å². The molecular formula is C24H22ClN3O3S2. The summed E-state index contributed by atoms with van der Waals surface area (Å²) in [7, 11) is -1.91. The Morgan fingerprint density at radius 2 is 1.76 bits per heavy atom. The van der Waals surface area contributed by atoms with Gasteiger partial charge in [0.2, 0.25) is 0 Å². The number of sulfonamides is 1. The second-order valence-electron chi connectivity index (χ2n) is 7.46. The van der Waals surface area contributed by atoms with Crippen LogP contribution < -0.4 is 9.11 Å². The molecule has 4 aromatic rings. The third-order valence-electron chi connectivity index (χ3n) is 5.27. The molecule has 3 aromatic carbocycles. The minimum atomic E-state index is -3.76. The molecule has 0 saturated carbocycles. The zero-order chi connectivity index (χ0) is 23.8. The van der Waals surface area contributed by atoms with Gasteiger partial charge in [-0.3, -0.25) is 9.10 Å². The SMILES string of the molecule is CCN(c1ccccc1)S(=O)(=O)c1ccc(C(=O)N=c2sc3cc(Cl)cc(C)c3n2C)cc1. The van der Waals surface area contributed by atoms with Crippen LogP contribution in [0.25, 0.3) is 10.2 Å². The normalized spacial score (nSPS) is 12.3. The topological polar surface area (TPSA) is 71.7 Å². The molecule has 0 aliphatic rings. The molecule has 0 unspecified atom stereocenters. The molecule has 0 radical (unpaired) electrons. The van der Waals surface area contributed by atoms with Gasteiger partial charge < -0.3 is 4.57 Å². The summed E-state index contributed by atoms with van der Waals surface area (Å²) in [4.78, 5) is 17.7. The number of rotatable bonds is 5. The molecule has 0 fully saturated rings. The van der Waals surface area contributed by atoms with E-state index < -0.39 is 15.9 Å². The van der Waals surface area contributed by atoms with Crippen molar-refractivity contribution in [3.63, 3.8) is 0 Å². The van der Waals surface area contributed by atoms with Crippen LogP contribution >= 0.6 is 22.9 Å². The lowest BCUT2D eigenvalue weighted by Crippen LogP contribution is -2.30. The minimum absolute atomic E-state index is 0.113. The summed E-state index contributed by atoms with van der Waals surface area (Å²) in [5.74, 6) is -0.444. The van der Waals surface area contributed by atoms with Gasteiger partial charge in [0.15, 0.2) is 4.80 Å². The Kier molecular flexibility index (Phi) is 6.43. The number of halogens is 1. The summed E-state index contributed by atoms with van der Waals surface area (Å²) in [5.41, 5.74) is 2.86. The second-order valence-corrected chi connectivity index (χ2v) is 10.8. The predicted octanol–water partition coefficient (Wildman–Crippen LogP) is 5.16. The molecule has 0 atom stereocenters. The van der Waals surface area contributed by atoms with Gasteiger partial charge >= 0.3 is 0 Å². The number of hydrogen-bond donors (Lipinski definition) is 0. The van der Waals surface area contributed by atoms with Gasteiger partial charge in [-0.25, -0.2) is 8.42 Å². The maximum atomic E-state index is 13.1. The van der Waals surface area contributed by atoms with Crippen molar-refractivity contribution in [1.29, 1.82) is 0 Å². The molecule has 0 aliphatic heterocycles. The van der Waals surface area contributed by atoms with Crippen LogP contribution in [0.5, 0.6) is 0 Å². The highest BCUT2D eigenvalue weighted by atomic mass is 35.5. The summed E-state index contributed by atoms with van der Waals surface area (Å²) < 4.78 is 30.4. The zero-order valence-corrected chi connectivity index (χ0v) is 20.7. The van der Waals surface area contributed by atoms with E-state index in [0.717, 1.165) is 15.8 Å². The Morgan fingerprint density at radius 3 is 2.39 bits per heavy atom. The number of benzene rings is 3. The van der Waals surface area contributed by atoms with Gasteiger partial charge in [0.1, 0.15) is 0 Å². The van der Waals surface area contributed by atoms with Gasteiger partial charge in [-0.15, -0.1) is 0 Å². The molecule has 1 amide bonds. The fourth-order valence-corrected chi connectivity index (χ4v) is 6.65. The Balaban J connectivity index is 1.66. The van der Waals surface area contributed by atoms with Crippen LogP contribution in [0.4, 0.5) is 5.69 Å². The van der Waals surface area contributed by atoms with Crippen LogP contribution in [0.3, 0.4) is 0 Å². The quantitative estimate of drug-likeness (QED) is 0.381. The van der Waals surface area contributed by atoms with Gasteiger partial charge in [0.25, 0.3) is 15.9 Å². The van der Waals surface area contributed by atoms with E-state index >= 15 is 0 Å². The smallest absolute Gasteiger partial charge is 0.279 e. The van der Waals surface area contributed by atoms with E-state index in [-0.39, 0.29) is 11.4 Å². The number of aromatic nitrogens is 1. The van der Waals surface area contributed by atoms with E-state index in [4.69, 9.17) is 11.6 Å². The molecular weight excluding hydrogens is 478 g/mol. The highest BCUT2D eigenvalue weighted by molar-refractivity contribution is 7.92. The van der Waals surface area contributed by atoms with Crippen LogP contribution in [0.15, 0.2) is 76.6 Å². The lowest BCUT2D eigenvalue weighted by Gasteiger charge is -2.22. The largest absolute Gasteiger partial charge is 0.319 e. The van der Waals surface area contributed by atoms with E-state index in [0.29, 0.717) is 21.1 Å². The monoisotopic (exact) mass is 499 g/mol. The first-order valence-corrected chi connectivity index (χ1v) is 12.9. The predicted molar refractivity (Wildman–Crippen MR) is 134 cm³/mol. The molecule has 6 nitrogen and oxygen atoms in total. The highest BCUT2D eigenvalue weighted by Gasteiger charge is 2.23. The maximum absolute atomic E-state index is 13.1. The van der Waals surface area contributed by atoms with Crippen LogP contribution in [-0.4, -0.2) is 25.4 Å². The second kappa shape index (κ2) is 9.13. The number of thiazole rings is 1. The van der Waals surface area contributed by atoms with Gasteiger partial charge in [-0.05, 0) is 67.9 Å². The number of nitrogens with zero attached hydrogens (tertiary/aromatic N) is 3. The van der Waals surface area contributed by atoms with Crippen molar-refractivity contribution in [2.75, 3.05) is 10.8 Å². The summed E-state index contributed by atoms with van der Waals surface area (Å²) in [6.45, 7) is 4.02. The summed E-state index contributed by atoms with van der Waals surface area (Å²) >= 11 is 7.53. The molecule has 1 aromatic heterocycles. The van der Waals surface area contributed by atoms with Crippen molar-refractivity contribution >= 4 is 54.8 Å². The Morgan fingerprint density at radius 1 is 1.09 bits per heavy atom. The number of aryl methyl sites for hydroxylation is 2. The summed E-state index contributed by atoms with van der Waals surface area (Å²) in [6, 6.07) is 18.5. The molecule has 1 heterocycles. The van der Waals surface area contributed by atoms with Crippen LogP contribution in [0, 0.1) is 6.92 Å². The molecule has 0 N–H and O–H groups in total. The molecule has 4 rings (SSSR count). The lowest BCUT2D eigenvalue weighted by atomic mass is 10.2. The van der Waals surface area contributed by atoms with Crippen molar-refractivity contribution in [3.05, 3.63) is 87.7 Å². The number of anilines is 1. The van der Waals surface area contributed by atoms with Crippen molar-refractivity contribution in [3.8, 4) is 0 Å². The number of para-hydroxylation sites is 1. The van der Waals surface area contributed by atoms with Crippen LogP contribution in [0.2, 0.25) is 5.02 Å². The highest BCUT2D eigenvalue weighted by Crippen LogP contribution is 2.26. The Hall–Kier alpha value is -2.94. The first-order valence-electron chi connectivity index (χ1n) is 10.2. The molecule has 0 spiro atoms.